The number of ether oxygens (including phenoxy) is 2. The molecule has 0 saturated heterocycles. The van der Waals surface area contributed by atoms with Gasteiger partial charge in [0.25, 0.3) is 0 Å². The second kappa shape index (κ2) is 9.78. The van der Waals surface area contributed by atoms with Gasteiger partial charge in [0.15, 0.2) is 11.6 Å². The summed E-state index contributed by atoms with van der Waals surface area (Å²) in [5.41, 5.74) is 8.70. The molecule has 0 saturated carbocycles. The van der Waals surface area contributed by atoms with E-state index >= 15 is 0 Å². The molecule has 0 aliphatic rings. The Morgan fingerprint density at radius 3 is 2.66 bits per heavy atom. The Morgan fingerprint density at radius 2 is 1.84 bits per heavy atom. The zero-order valence-electron chi connectivity index (χ0n) is 17.7. The lowest BCUT2D eigenvalue weighted by Crippen LogP contribution is -2.12. The lowest BCUT2D eigenvalue weighted by atomic mass is 10.1. The van der Waals surface area contributed by atoms with Gasteiger partial charge < -0.3 is 19.6 Å². The highest BCUT2D eigenvalue weighted by Crippen LogP contribution is 2.34. The van der Waals surface area contributed by atoms with Crippen molar-refractivity contribution in [2.24, 2.45) is 5.73 Å². The van der Waals surface area contributed by atoms with Crippen LogP contribution in [0, 0.1) is 18.6 Å². The number of rotatable bonds is 9. The van der Waals surface area contributed by atoms with Crippen molar-refractivity contribution in [1.82, 2.24) is 4.98 Å². The summed E-state index contributed by atoms with van der Waals surface area (Å²) in [4.78, 5) is 4.10. The van der Waals surface area contributed by atoms with Gasteiger partial charge in [0, 0.05) is 24.0 Å². The van der Waals surface area contributed by atoms with Gasteiger partial charge in [0.2, 0.25) is 5.82 Å². The van der Waals surface area contributed by atoms with Crippen LogP contribution in [0.2, 0.25) is 0 Å². The molecule has 2 aromatic heterocycles. The van der Waals surface area contributed by atoms with Gasteiger partial charge in [0.05, 0.1) is 12.0 Å². The maximum Gasteiger partial charge on any atom is 0.200 e. The molecular formula is C25H24F2N2O3. The Morgan fingerprint density at radius 1 is 1.03 bits per heavy atom. The zero-order chi connectivity index (χ0) is 22.5. The van der Waals surface area contributed by atoms with Gasteiger partial charge in [-0.1, -0.05) is 18.2 Å². The molecule has 0 radical (unpaired) electrons. The third-order valence-corrected chi connectivity index (χ3v) is 5.32. The summed E-state index contributed by atoms with van der Waals surface area (Å²) in [6.45, 7) is 2.36. The van der Waals surface area contributed by atoms with E-state index in [1.807, 2.05) is 37.3 Å². The molecule has 2 heterocycles. The first-order chi connectivity index (χ1) is 15.5. The number of aromatic nitrogens is 1. The molecule has 0 aliphatic carbocycles. The number of nitrogens with zero attached hydrogens (tertiary/aromatic N) is 1. The molecule has 1 unspecified atom stereocenters. The summed E-state index contributed by atoms with van der Waals surface area (Å²) in [5, 5.41) is 0.836. The van der Waals surface area contributed by atoms with Crippen LogP contribution >= 0.6 is 0 Å². The van der Waals surface area contributed by atoms with E-state index in [2.05, 4.69) is 4.98 Å². The van der Waals surface area contributed by atoms with Crippen molar-refractivity contribution in [2.45, 2.75) is 32.4 Å². The lowest BCUT2D eigenvalue weighted by molar-refractivity contribution is 0.257. The Hall–Kier alpha value is -3.45. The number of pyridine rings is 1. The molecule has 0 amide bonds. The molecule has 2 N–H and O–H groups in total. The average Bonchev–Trinajstić information content (AvgIpc) is 3.14. The average molecular weight is 438 g/mol. The summed E-state index contributed by atoms with van der Waals surface area (Å²) in [5.74, 6) is -0.913. The van der Waals surface area contributed by atoms with Crippen molar-refractivity contribution >= 4 is 11.0 Å². The van der Waals surface area contributed by atoms with Crippen LogP contribution in [0.1, 0.15) is 35.8 Å². The Bertz CT molecular complexity index is 1190. The largest absolute Gasteiger partial charge is 0.493 e. The molecule has 0 fully saturated rings. The summed E-state index contributed by atoms with van der Waals surface area (Å²) in [6.07, 6.45) is 5.05. The number of aryl methyl sites for hydroxylation is 1. The third kappa shape index (κ3) is 4.73. The fraction of sp³-hybridized carbons (Fsp3) is 0.240. The van der Waals surface area contributed by atoms with E-state index in [1.165, 1.54) is 12.1 Å². The summed E-state index contributed by atoms with van der Waals surface area (Å²) < 4.78 is 44.6. The SMILES string of the molecule is Cc1c(COc2cccc(F)c2F)oc2cccc(OCCCC(N)c3cccnc3)c12. The highest BCUT2D eigenvalue weighted by Gasteiger charge is 2.17. The monoisotopic (exact) mass is 438 g/mol. The predicted molar refractivity (Wildman–Crippen MR) is 118 cm³/mol. The van der Waals surface area contributed by atoms with Gasteiger partial charge in [-0.15, -0.1) is 0 Å². The summed E-state index contributed by atoms with van der Waals surface area (Å²) in [7, 11) is 0. The number of nitrogens with two attached hydrogens (primary N) is 1. The van der Waals surface area contributed by atoms with Crippen molar-refractivity contribution in [3.8, 4) is 11.5 Å². The van der Waals surface area contributed by atoms with Crippen LogP contribution in [-0.4, -0.2) is 11.6 Å². The van der Waals surface area contributed by atoms with Crippen molar-refractivity contribution in [3.05, 3.63) is 89.4 Å². The van der Waals surface area contributed by atoms with E-state index < -0.39 is 11.6 Å². The highest BCUT2D eigenvalue weighted by atomic mass is 19.2. The van der Waals surface area contributed by atoms with Gasteiger partial charge in [-0.25, -0.2) is 4.39 Å². The van der Waals surface area contributed by atoms with Crippen LogP contribution in [0.25, 0.3) is 11.0 Å². The molecule has 0 aliphatic heterocycles. The number of furan rings is 1. The van der Waals surface area contributed by atoms with Gasteiger partial charge in [-0.2, -0.15) is 4.39 Å². The van der Waals surface area contributed by atoms with E-state index in [-0.39, 0.29) is 18.4 Å². The molecule has 5 nitrogen and oxygen atoms in total. The molecule has 166 valence electrons. The molecule has 1 atom stereocenters. The fourth-order valence-corrected chi connectivity index (χ4v) is 3.56. The smallest absolute Gasteiger partial charge is 0.200 e. The van der Waals surface area contributed by atoms with Crippen LogP contribution in [0.5, 0.6) is 11.5 Å². The normalized spacial score (nSPS) is 12.1. The van der Waals surface area contributed by atoms with Crippen molar-refractivity contribution in [3.63, 3.8) is 0 Å². The van der Waals surface area contributed by atoms with Gasteiger partial charge in [-0.05, 0) is 55.7 Å². The van der Waals surface area contributed by atoms with E-state index in [0.717, 1.165) is 35.4 Å². The maximum absolute atomic E-state index is 13.8. The first-order valence-corrected chi connectivity index (χ1v) is 10.4. The van der Waals surface area contributed by atoms with Crippen LogP contribution in [0.3, 0.4) is 0 Å². The predicted octanol–water partition coefficient (Wildman–Crippen LogP) is 5.85. The quantitative estimate of drug-likeness (QED) is 0.332. The second-order valence-electron chi connectivity index (χ2n) is 7.50. The third-order valence-electron chi connectivity index (χ3n) is 5.32. The minimum Gasteiger partial charge on any atom is -0.493 e. The topological polar surface area (TPSA) is 70.5 Å². The van der Waals surface area contributed by atoms with Crippen molar-refractivity contribution < 1.29 is 22.7 Å². The number of hydrogen-bond acceptors (Lipinski definition) is 5. The second-order valence-corrected chi connectivity index (χ2v) is 7.50. The number of fused-ring (bicyclic) bond motifs is 1. The molecule has 2 aromatic carbocycles. The molecule has 0 bridgehead atoms. The molecule has 4 aromatic rings. The van der Waals surface area contributed by atoms with Crippen LogP contribution < -0.4 is 15.2 Å². The Balaban J connectivity index is 1.41. The van der Waals surface area contributed by atoms with Crippen molar-refractivity contribution in [2.75, 3.05) is 6.61 Å². The molecule has 7 heteroatoms. The van der Waals surface area contributed by atoms with Gasteiger partial charge in [-0.3, -0.25) is 4.98 Å². The fourth-order valence-electron chi connectivity index (χ4n) is 3.56. The van der Waals surface area contributed by atoms with E-state index in [4.69, 9.17) is 19.6 Å². The summed E-state index contributed by atoms with van der Waals surface area (Å²) >= 11 is 0. The van der Waals surface area contributed by atoms with Crippen LogP contribution in [0.15, 0.2) is 65.3 Å². The Kier molecular flexibility index (Phi) is 6.66. The molecule has 4 rings (SSSR count). The van der Waals surface area contributed by atoms with Crippen molar-refractivity contribution in [1.29, 1.82) is 0 Å². The van der Waals surface area contributed by atoms with Crippen LogP contribution in [0.4, 0.5) is 8.78 Å². The molecular weight excluding hydrogens is 414 g/mol. The first-order valence-electron chi connectivity index (χ1n) is 10.4. The van der Waals surface area contributed by atoms with Crippen LogP contribution in [-0.2, 0) is 6.61 Å². The number of hydrogen-bond donors (Lipinski definition) is 1. The lowest BCUT2D eigenvalue weighted by Gasteiger charge is -2.12. The minimum absolute atomic E-state index is 0.0275. The zero-order valence-corrected chi connectivity index (χ0v) is 17.7. The van der Waals surface area contributed by atoms with E-state index in [9.17, 15) is 8.78 Å². The maximum atomic E-state index is 13.8. The van der Waals surface area contributed by atoms with Gasteiger partial charge in [0.1, 0.15) is 23.7 Å². The summed E-state index contributed by atoms with van der Waals surface area (Å²) in [6, 6.07) is 13.1. The standard InChI is InChI=1S/C25H24F2N2O3/c1-16-23(15-31-22-11-2-7-18(26)25(22)27)32-21-10-3-9-20(24(16)21)30-13-5-8-19(28)17-6-4-12-29-14-17/h2-4,6-7,9-12,14,19H,5,8,13,15,28H2,1H3. The van der Waals surface area contributed by atoms with E-state index in [0.29, 0.717) is 23.7 Å². The highest BCUT2D eigenvalue weighted by molar-refractivity contribution is 5.88. The molecule has 32 heavy (non-hydrogen) atoms. The number of halogens is 2. The Labute approximate surface area is 184 Å². The van der Waals surface area contributed by atoms with E-state index in [1.54, 1.807) is 12.4 Å². The van der Waals surface area contributed by atoms with Gasteiger partial charge >= 0.3 is 0 Å². The minimum atomic E-state index is -1.02. The first kappa shape index (κ1) is 21.8. The molecule has 0 spiro atoms. The number of benzene rings is 2.